The summed E-state index contributed by atoms with van der Waals surface area (Å²) in [6.07, 6.45) is 1.49. The summed E-state index contributed by atoms with van der Waals surface area (Å²) in [4.78, 5) is 16.3. The number of nitrogens with zero attached hydrogens (tertiary/aromatic N) is 2. The second-order valence-electron chi connectivity index (χ2n) is 2.47. The van der Waals surface area contributed by atoms with Crippen LogP contribution in [0.15, 0.2) is 18.3 Å². The number of rotatable bonds is 1. The zero-order chi connectivity index (χ0) is 9.42. The molecule has 0 saturated heterocycles. The van der Waals surface area contributed by atoms with Gasteiger partial charge in [-0.1, -0.05) is 11.6 Å². The maximum absolute atomic E-state index is 10.4. The van der Waals surface area contributed by atoms with Crippen LogP contribution in [0.2, 0.25) is 5.15 Å². The normalized spacial score (nSPS) is 10.5. The quantitative estimate of drug-likeness (QED) is 0.432. The van der Waals surface area contributed by atoms with Crippen molar-refractivity contribution in [2.45, 2.75) is 0 Å². The van der Waals surface area contributed by atoms with Gasteiger partial charge in [0, 0.05) is 18.3 Å². The van der Waals surface area contributed by atoms with E-state index in [1.54, 1.807) is 6.07 Å². The Morgan fingerprint density at radius 1 is 1.62 bits per heavy atom. The minimum Gasteiger partial charge on any atom is -0.358 e. The van der Waals surface area contributed by atoms with Crippen molar-refractivity contribution in [3.05, 3.63) is 33.6 Å². The van der Waals surface area contributed by atoms with Gasteiger partial charge in [0.1, 0.15) is 10.7 Å². The zero-order valence-electron chi connectivity index (χ0n) is 6.32. The number of hydrogen-bond donors (Lipinski definition) is 1. The molecule has 2 heterocycles. The summed E-state index contributed by atoms with van der Waals surface area (Å²) >= 11 is 5.72. The number of aromatic nitrogens is 2. The molecule has 2 rings (SSSR count). The molecule has 5 nitrogen and oxygen atoms in total. The average Bonchev–Trinajstić information content (AvgIpc) is 2.49. The molecule has 1 N–H and O–H groups in total. The Bertz CT molecular complexity index is 480. The van der Waals surface area contributed by atoms with E-state index in [1.807, 2.05) is 0 Å². The third-order valence-electron chi connectivity index (χ3n) is 1.68. The number of hydrogen-bond acceptors (Lipinski definition) is 3. The largest absolute Gasteiger partial charge is 0.358 e. The molecule has 0 bridgehead atoms. The van der Waals surface area contributed by atoms with Crippen molar-refractivity contribution in [3.63, 3.8) is 0 Å². The minimum atomic E-state index is -0.504. The summed E-state index contributed by atoms with van der Waals surface area (Å²) in [6.45, 7) is 0. The Morgan fingerprint density at radius 2 is 2.38 bits per heavy atom. The monoisotopic (exact) mass is 197 g/mol. The summed E-state index contributed by atoms with van der Waals surface area (Å²) in [6, 6.07) is 3.00. The van der Waals surface area contributed by atoms with E-state index in [4.69, 9.17) is 11.6 Å². The van der Waals surface area contributed by atoms with E-state index in [0.29, 0.717) is 10.9 Å². The highest BCUT2D eigenvalue weighted by Gasteiger charge is 2.11. The van der Waals surface area contributed by atoms with E-state index in [2.05, 4.69) is 9.97 Å². The zero-order valence-corrected chi connectivity index (χ0v) is 7.08. The SMILES string of the molecule is O=[N+]([O-])c1cc2c(Cl)nccc2[nH]1. The summed E-state index contributed by atoms with van der Waals surface area (Å²) in [7, 11) is 0. The second-order valence-corrected chi connectivity index (χ2v) is 2.83. The van der Waals surface area contributed by atoms with Crippen LogP contribution in [-0.2, 0) is 0 Å². The molecule has 0 radical (unpaired) electrons. The van der Waals surface area contributed by atoms with Crippen LogP contribution in [0.25, 0.3) is 10.9 Å². The molecular weight excluding hydrogens is 194 g/mol. The highest BCUT2D eigenvalue weighted by molar-refractivity contribution is 6.34. The van der Waals surface area contributed by atoms with Crippen LogP contribution in [0.3, 0.4) is 0 Å². The molecule has 0 aliphatic heterocycles. The first-order valence-corrected chi connectivity index (χ1v) is 3.84. The molecule has 0 saturated carbocycles. The van der Waals surface area contributed by atoms with Crippen molar-refractivity contribution in [3.8, 4) is 0 Å². The third kappa shape index (κ3) is 1.23. The van der Waals surface area contributed by atoms with Gasteiger partial charge in [-0.3, -0.25) is 0 Å². The van der Waals surface area contributed by atoms with Gasteiger partial charge in [-0.15, -0.1) is 0 Å². The number of nitro groups is 1. The molecule has 13 heavy (non-hydrogen) atoms. The first-order chi connectivity index (χ1) is 6.18. The molecule has 0 aliphatic rings. The Hall–Kier alpha value is -1.62. The van der Waals surface area contributed by atoms with Gasteiger partial charge in [-0.05, 0) is 4.92 Å². The molecule has 0 fully saturated rings. The van der Waals surface area contributed by atoms with Crippen LogP contribution in [0.4, 0.5) is 5.82 Å². The topological polar surface area (TPSA) is 71.8 Å². The number of pyridine rings is 1. The van der Waals surface area contributed by atoms with Gasteiger partial charge in [0.25, 0.3) is 0 Å². The molecule has 2 aromatic rings. The van der Waals surface area contributed by atoms with Crippen LogP contribution < -0.4 is 0 Å². The van der Waals surface area contributed by atoms with E-state index in [9.17, 15) is 10.1 Å². The van der Waals surface area contributed by atoms with Crippen molar-refractivity contribution >= 4 is 28.3 Å². The fourth-order valence-corrected chi connectivity index (χ4v) is 1.32. The van der Waals surface area contributed by atoms with E-state index in [-0.39, 0.29) is 11.0 Å². The summed E-state index contributed by atoms with van der Waals surface area (Å²) in [5.74, 6) is -0.0788. The summed E-state index contributed by atoms with van der Waals surface area (Å²) in [5.41, 5.74) is 0.617. The van der Waals surface area contributed by atoms with Gasteiger partial charge < -0.3 is 10.1 Å². The van der Waals surface area contributed by atoms with E-state index in [0.717, 1.165) is 0 Å². The van der Waals surface area contributed by atoms with Crippen molar-refractivity contribution < 1.29 is 4.92 Å². The Balaban J connectivity index is 2.75. The molecule has 66 valence electrons. The smallest absolute Gasteiger partial charge is 0.322 e. The maximum atomic E-state index is 10.4. The van der Waals surface area contributed by atoms with Crippen LogP contribution >= 0.6 is 11.6 Å². The Kier molecular flexibility index (Phi) is 1.66. The molecule has 6 heteroatoms. The van der Waals surface area contributed by atoms with Crippen molar-refractivity contribution in [2.75, 3.05) is 0 Å². The lowest BCUT2D eigenvalue weighted by atomic mass is 10.3. The molecule has 0 aromatic carbocycles. The summed E-state index contributed by atoms with van der Waals surface area (Å²) < 4.78 is 0. The first kappa shape index (κ1) is 8.00. The first-order valence-electron chi connectivity index (χ1n) is 3.46. The predicted octanol–water partition coefficient (Wildman–Crippen LogP) is 2.12. The molecule has 0 aliphatic carbocycles. The average molecular weight is 198 g/mol. The van der Waals surface area contributed by atoms with E-state index >= 15 is 0 Å². The highest BCUT2D eigenvalue weighted by Crippen LogP contribution is 2.24. The van der Waals surface area contributed by atoms with Crippen molar-refractivity contribution in [2.24, 2.45) is 0 Å². The number of fused-ring (bicyclic) bond motifs is 1. The van der Waals surface area contributed by atoms with Crippen LogP contribution in [0.1, 0.15) is 0 Å². The molecule has 0 atom stereocenters. The van der Waals surface area contributed by atoms with Crippen molar-refractivity contribution in [1.29, 1.82) is 0 Å². The number of nitrogens with one attached hydrogen (secondary N) is 1. The van der Waals surface area contributed by atoms with Crippen LogP contribution in [-0.4, -0.2) is 14.9 Å². The second kappa shape index (κ2) is 2.70. The van der Waals surface area contributed by atoms with Crippen LogP contribution in [0.5, 0.6) is 0 Å². The van der Waals surface area contributed by atoms with Gasteiger partial charge in [0.15, 0.2) is 0 Å². The predicted molar refractivity (Wildman–Crippen MR) is 47.8 cm³/mol. The van der Waals surface area contributed by atoms with Gasteiger partial charge in [-0.2, -0.15) is 0 Å². The molecular formula is C7H4ClN3O2. The fraction of sp³-hybridized carbons (Fsp3) is 0. The Morgan fingerprint density at radius 3 is 3.00 bits per heavy atom. The highest BCUT2D eigenvalue weighted by atomic mass is 35.5. The lowest BCUT2D eigenvalue weighted by Gasteiger charge is -1.86. The minimum absolute atomic E-state index is 0.0788. The number of H-pyrrole nitrogens is 1. The Labute approximate surface area is 77.5 Å². The van der Waals surface area contributed by atoms with Gasteiger partial charge in [0.05, 0.1) is 5.39 Å². The fourth-order valence-electron chi connectivity index (χ4n) is 1.10. The number of aromatic amines is 1. The molecule has 2 aromatic heterocycles. The number of halogens is 1. The van der Waals surface area contributed by atoms with Gasteiger partial charge in [0.2, 0.25) is 0 Å². The maximum Gasteiger partial charge on any atom is 0.322 e. The molecule has 0 amide bonds. The van der Waals surface area contributed by atoms with Crippen molar-refractivity contribution in [1.82, 2.24) is 9.97 Å². The standard InChI is InChI=1S/C7H4ClN3O2/c8-7-4-3-6(11(12)13)10-5(4)1-2-9-7/h1-3,10H. The molecule has 0 unspecified atom stereocenters. The van der Waals surface area contributed by atoms with Gasteiger partial charge in [-0.25, -0.2) is 9.97 Å². The van der Waals surface area contributed by atoms with E-state index in [1.165, 1.54) is 12.3 Å². The lowest BCUT2D eigenvalue weighted by molar-refractivity contribution is -0.389. The lowest BCUT2D eigenvalue weighted by Crippen LogP contribution is -1.85. The third-order valence-corrected chi connectivity index (χ3v) is 1.98. The molecule has 0 spiro atoms. The van der Waals surface area contributed by atoms with E-state index < -0.39 is 4.92 Å². The van der Waals surface area contributed by atoms with Crippen LogP contribution in [0, 0.1) is 10.1 Å². The summed E-state index contributed by atoms with van der Waals surface area (Å²) in [5, 5.41) is 11.2. The van der Waals surface area contributed by atoms with Gasteiger partial charge >= 0.3 is 5.82 Å².